The Bertz CT molecular complexity index is 472. The maximum atomic E-state index is 12.0. The summed E-state index contributed by atoms with van der Waals surface area (Å²) < 4.78 is 10.8. The molecule has 0 saturated carbocycles. The Morgan fingerprint density at radius 2 is 1.25 bits per heavy atom. The molecule has 0 aromatic heterocycles. The monoisotopic (exact) mass is 390 g/mol. The molecule has 0 radical (unpaired) electrons. The summed E-state index contributed by atoms with van der Waals surface area (Å²) in [6, 6.07) is 9.12. The smallest absolute Gasteiger partial charge is 0.431 e. The van der Waals surface area contributed by atoms with Crippen LogP contribution in [-0.2, 0) is 4.74 Å². The van der Waals surface area contributed by atoms with Crippen LogP contribution in [-0.4, -0.2) is 12.3 Å². The number of carbonyl (C=O) groups is 1. The highest BCUT2D eigenvalue weighted by molar-refractivity contribution is 5.63. The van der Waals surface area contributed by atoms with E-state index in [4.69, 9.17) is 9.47 Å². The molecular formula is C25H42O3. The van der Waals surface area contributed by atoms with Gasteiger partial charge < -0.3 is 9.47 Å². The third-order valence-electron chi connectivity index (χ3n) is 5.20. The van der Waals surface area contributed by atoms with Crippen molar-refractivity contribution >= 4 is 6.16 Å². The van der Waals surface area contributed by atoms with Crippen molar-refractivity contribution in [2.45, 2.75) is 116 Å². The van der Waals surface area contributed by atoms with Gasteiger partial charge in [-0.05, 0) is 31.4 Å². The average Bonchev–Trinajstić information content (AvgIpc) is 2.69. The topological polar surface area (TPSA) is 35.5 Å². The second-order valence-corrected chi connectivity index (χ2v) is 7.87. The fourth-order valence-corrected chi connectivity index (χ4v) is 3.54. The van der Waals surface area contributed by atoms with Gasteiger partial charge in [-0.15, -0.1) is 0 Å². The van der Waals surface area contributed by atoms with Crippen LogP contribution in [0.2, 0.25) is 0 Å². The van der Waals surface area contributed by atoms with Crippen LogP contribution in [0.3, 0.4) is 0 Å². The highest BCUT2D eigenvalue weighted by Crippen LogP contribution is 2.17. The summed E-state index contributed by atoms with van der Waals surface area (Å²) in [5.74, 6) is 0.535. The lowest BCUT2D eigenvalue weighted by atomic mass is 10.0. The number of carbonyl (C=O) groups excluding carboxylic acids is 1. The molecule has 0 aliphatic carbocycles. The molecule has 0 spiro atoms. The van der Waals surface area contributed by atoms with Gasteiger partial charge in [-0.3, -0.25) is 0 Å². The lowest BCUT2D eigenvalue weighted by Gasteiger charge is -2.16. The number of ether oxygens (including phenoxy) is 2. The Morgan fingerprint density at radius 3 is 1.79 bits per heavy atom. The third kappa shape index (κ3) is 13.6. The minimum Gasteiger partial charge on any atom is -0.431 e. The van der Waals surface area contributed by atoms with Crippen LogP contribution in [0.4, 0.5) is 4.79 Å². The van der Waals surface area contributed by atoms with Gasteiger partial charge in [-0.2, -0.15) is 0 Å². The molecule has 0 aliphatic heterocycles. The predicted octanol–water partition coefficient (Wildman–Crippen LogP) is 8.46. The second-order valence-electron chi connectivity index (χ2n) is 7.87. The number of rotatable bonds is 17. The second kappa shape index (κ2) is 17.6. The van der Waals surface area contributed by atoms with E-state index in [0.29, 0.717) is 5.75 Å². The quantitative estimate of drug-likeness (QED) is 0.152. The highest BCUT2D eigenvalue weighted by atomic mass is 16.7. The van der Waals surface area contributed by atoms with E-state index in [1.54, 1.807) is 12.1 Å². The zero-order valence-corrected chi connectivity index (χ0v) is 18.3. The van der Waals surface area contributed by atoms with Crippen molar-refractivity contribution in [1.29, 1.82) is 0 Å². The van der Waals surface area contributed by atoms with Gasteiger partial charge in [-0.25, -0.2) is 4.79 Å². The molecule has 0 amide bonds. The molecule has 1 unspecified atom stereocenters. The molecule has 1 aromatic rings. The van der Waals surface area contributed by atoms with Crippen molar-refractivity contribution in [3.05, 3.63) is 30.3 Å². The van der Waals surface area contributed by atoms with Gasteiger partial charge in [-0.1, -0.05) is 109 Å². The van der Waals surface area contributed by atoms with Gasteiger partial charge in [0.25, 0.3) is 0 Å². The van der Waals surface area contributed by atoms with Crippen molar-refractivity contribution in [2.75, 3.05) is 0 Å². The largest absolute Gasteiger partial charge is 0.514 e. The molecule has 0 aliphatic rings. The summed E-state index contributed by atoms with van der Waals surface area (Å²) in [6.45, 7) is 4.40. The molecule has 0 bridgehead atoms. The first-order valence-electron chi connectivity index (χ1n) is 11.7. The Kier molecular flexibility index (Phi) is 15.4. The van der Waals surface area contributed by atoms with Gasteiger partial charge in [0.05, 0.1) is 0 Å². The normalized spacial score (nSPS) is 11.9. The van der Waals surface area contributed by atoms with E-state index in [9.17, 15) is 4.79 Å². The van der Waals surface area contributed by atoms with Crippen molar-refractivity contribution in [2.24, 2.45) is 0 Å². The van der Waals surface area contributed by atoms with Gasteiger partial charge >= 0.3 is 6.16 Å². The van der Waals surface area contributed by atoms with E-state index in [0.717, 1.165) is 25.7 Å². The van der Waals surface area contributed by atoms with E-state index < -0.39 is 6.16 Å². The van der Waals surface area contributed by atoms with Gasteiger partial charge in [0.15, 0.2) is 0 Å². The minimum atomic E-state index is -0.580. The van der Waals surface area contributed by atoms with Crippen molar-refractivity contribution in [3.8, 4) is 5.75 Å². The molecule has 0 fully saturated rings. The van der Waals surface area contributed by atoms with E-state index in [1.165, 1.54) is 70.6 Å². The first-order chi connectivity index (χ1) is 13.8. The van der Waals surface area contributed by atoms with Crippen molar-refractivity contribution < 1.29 is 14.3 Å². The minimum absolute atomic E-state index is 0.0238. The Morgan fingerprint density at radius 1 is 0.714 bits per heavy atom. The van der Waals surface area contributed by atoms with Crippen LogP contribution in [0.15, 0.2) is 30.3 Å². The fraction of sp³-hybridized carbons (Fsp3) is 0.720. The van der Waals surface area contributed by atoms with Gasteiger partial charge in [0.2, 0.25) is 0 Å². The fourth-order valence-electron chi connectivity index (χ4n) is 3.54. The molecule has 0 saturated heterocycles. The first kappa shape index (κ1) is 24.5. The van der Waals surface area contributed by atoms with E-state index in [1.807, 2.05) is 18.2 Å². The van der Waals surface area contributed by atoms with Crippen LogP contribution in [0.5, 0.6) is 5.75 Å². The standard InChI is InChI=1S/C25H42O3/c1-3-5-6-7-8-9-10-11-12-13-14-16-20-23(19-4-2)27-25(26)28-24-21-17-15-18-22-24/h15,17-18,21-23H,3-14,16,19-20H2,1-2H3. The van der Waals surface area contributed by atoms with Crippen molar-refractivity contribution in [3.63, 3.8) is 0 Å². The Labute approximate surface area is 173 Å². The Hall–Kier alpha value is -1.51. The summed E-state index contributed by atoms with van der Waals surface area (Å²) in [5.41, 5.74) is 0. The molecule has 1 rings (SSSR count). The molecule has 0 N–H and O–H groups in total. The zero-order valence-electron chi connectivity index (χ0n) is 18.3. The summed E-state index contributed by atoms with van der Waals surface area (Å²) in [5, 5.41) is 0. The van der Waals surface area contributed by atoms with Crippen LogP contribution in [0.1, 0.15) is 110 Å². The number of hydrogen-bond donors (Lipinski definition) is 0. The molecule has 1 aromatic carbocycles. The van der Waals surface area contributed by atoms with E-state index in [-0.39, 0.29) is 6.10 Å². The van der Waals surface area contributed by atoms with Gasteiger partial charge in [0.1, 0.15) is 11.9 Å². The number of para-hydroxylation sites is 1. The molecule has 3 heteroatoms. The Balaban J connectivity index is 2.03. The third-order valence-corrected chi connectivity index (χ3v) is 5.20. The number of unbranched alkanes of at least 4 members (excludes halogenated alkanes) is 11. The molecule has 160 valence electrons. The molecule has 3 nitrogen and oxygen atoms in total. The summed E-state index contributed by atoms with van der Waals surface area (Å²) in [6.07, 6.45) is 18.4. The lowest BCUT2D eigenvalue weighted by Crippen LogP contribution is -2.21. The number of hydrogen-bond acceptors (Lipinski definition) is 3. The molecule has 1 atom stereocenters. The van der Waals surface area contributed by atoms with Crippen LogP contribution in [0.25, 0.3) is 0 Å². The average molecular weight is 391 g/mol. The first-order valence-corrected chi connectivity index (χ1v) is 11.7. The number of benzene rings is 1. The summed E-state index contributed by atoms with van der Waals surface area (Å²) in [4.78, 5) is 12.0. The highest BCUT2D eigenvalue weighted by Gasteiger charge is 2.15. The predicted molar refractivity (Wildman–Crippen MR) is 118 cm³/mol. The summed E-state index contributed by atoms with van der Waals surface area (Å²) in [7, 11) is 0. The van der Waals surface area contributed by atoms with Gasteiger partial charge in [0, 0.05) is 0 Å². The maximum Gasteiger partial charge on any atom is 0.514 e. The zero-order chi connectivity index (χ0) is 20.3. The molecule has 0 heterocycles. The van der Waals surface area contributed by atoms with Crippen molar-refractivity contribution in [1.82, 2.24) is 0 Å². The van der Waals surface area contributed by atoms with Crippen LogP contribution in [0, 0.1) is 0 Å². The molecule has 28 heavy (non-hydrogen) atoms. The molecular weight excluding hydrogens is 348 g/mol. The maximum absolute atomic E-state index is 12.0. The lowest BCUT2D eigenvalue weighted by molar-refractivity contribution is 0.0492. The van der Waals surface area contributed by atoms with E-state index in [2.05, 4.69) is 13.8 Å². The van der Waals surface area contributed by atoms with E-state index >= 15 is 0 Å². The summed E-state index contributed by atoms with van der Waals surface area (Å²) >= 11 is 0. The van der Waals surface area contributed by atoms with Crippen LogP contribution < -0.4 is 4.74 Å². The van der Waals surface area contributed by atoms with Crippen LogP contribution >= 0.6 is 0 Å². The SMILES string of the molecule is CCCCCCCCCCCCCCC(CCC)OC(=O)Oc1ccccc1.